The highest BCUT2D eigenvalue weighted by Crippen LogP contribution is 2.30. The molecule has 0 aliphatic carbocycles. The number of carboxylic acid groups (broad SMARTS) is 1. The Balaban J connectivity index is 1.47. The van der Waals surface area contributed by atoms with Crippen LogP contribution in [0.4, 0.5) is 10.1 Å². The molecule has 1 heterocycles. The predicted molar refractivity (Wildman–Crippen MR) is 124 cm³/mol. The van der Waals surface area contributed by atoms with Gasteiger partial charge in [0, 0.05) is 11.6 Å². The second-order valence-corrected chi connectivity index (χ2v) is 8.97. The van der Waals surface area contributed by atoms with Gasteiger partial charge in [0.2, 0.25) is 5.91 Å². The molecule has 5 nitrogen and oxygen atoms in total. The van der Waals surface area contributed by atoms with Crippen molar-refractivity contribution in [1.82, 2.24) is 4.90 Å². The Labute approximate surface area is 189 Å². The van der Waals surface area contributed by atoms with E-state index in [1.807, 2.05) is 26.0 Å². The molecule has 0 bridgehead atoms. The number of carbonyl (C=O) groups is 2. The van der Waals surface area contributed by atoms with Gasteiger partial charge in [-0.3, -0.25) is 9.59 Å². The number of piperidine rings is 1. The lowest BCUT2D eigenvalue weighted by Crippen LogP contribution is -2.34. The van der Waals surface area contributed by atoms with Gasteiger partial charge < -0.3 is 15.3 Å². The Morgan fingerprint density at radius 3 is 2.44 bits per heavy atom. The van der Waals surface area contributed by atoms with Gasteiger partial charge in [-0.25, -0.2) is 4.39 Å². The van der Waals surface area contributed by atoms with Crippen molar-refractivity contribution in [3.8, 4) is 0 Å². The van der Waals surface area contributed by atoms with Crippen LogP contribution in [0.3, 0.4) is 0 Å². The van der Waals surface area contributed by atoms with Crippen molar-refractivity contribution in [2.75, 3.05) is 25.0 Å². The normalized spacial score (nSPS) is 16.1. The van der Waals surface area contributed by atoms with E-state index in [2.05, 4.69) is 22.3 Å². The second-order valence-electron chi connectivity index (χ2n) is 8.97. The third-order valence-corrected chi connectivity index (χ3v) is 6.28. The summed E-state index contributed by atoms with van der Waals surface area (Å²) in [6.45, 7) is 6.58. The van der Waals surface area contributed by atoms with Crippen LogP contribution >= 0.6 is 0 Å². The van der Waals surface area contributed by atoms with Gasteiger partial charge in [-0.2, -0.15) is 0 Å². The van der Waals surface area contributed by atoms with Crippen molar-refractivity contribution in [2.24, 2.45) is 5.92 Å². The molecule has 32 heavy (non-hydrogen) atoms. The highest BCUT2D eigenvalue weighted by Gasteiger charge is 2.23. The van der Waals surface area contributed by atoms with Crippen molar-refractivity contribution in [3.05, 3.63) is 65.5 Å². The van der Waals surface area contributed by atoms with E-state index in [1.165, 1.54) is 17.7 Å². The fraction of sp³-hybridized carbons (Fsp3) is 0.462. The predicted octanol–water partition coefficient (Wildman–Crippen LogP) is 5.25. The summed E-state index contributed by atoms with van der Waals surface area (Å²) in [5.74, 6) is -1.37. The average molecular weight is 441 g/mol. The number of carbonyl (C=O) groups excluding carboxylic acids is 1. The van der Waals surface area contributed by atoms with E-state index in [-0.39, 0.29) is 17.6 Å². The maximum Gasteiger partial charge on any atom is 0.310 e. The van der Waals surface area contributed by atoms with Crippen LogP contribution in [0.5, 0.6) is 0 Å². The number of nitrogens with zero attached hydrogens (tertiary/aromatic N) is 1. The van der Waals surface area contributed by atoms with E-state index < -0.39 is 11.9 Å². The molecule has 0 radical (unpaired) electrons. The number of hydrogen-bond donors (Lipinski definition) is 2. The number of benzene rings is 2. The summed E-state index contributed by atoms with van der Waals surface area (Å²) in [4.78, 5) is 26.0. The number of halogens is 1. The summed E-state index contributed by atoms with van der Waals surface area (Å²) >= 11 is 0. The maximum atomic E-state index is 13.1. The van der Waals surface area contributed by atoms with Gasteiger partial charge in [0.05, 0.1) is 5.92 Å². The van der Waals surface area contributed by atoms with E-state index in [0.29, 0.717) is 17.9 Å². The van der Waals surface area contributed by atoms with Gasteiger partial charge in [0.1, 0.15) is 5.82 Å². The van der Waals surface area contributed by atoms with Crippen molar-refractivity contribution in [2.45, 2.75) is 51.4 Å². The lowest BCUT2D eigenvalue weighted by molar-refractivity contribution is -0.139. The van der Waals surface area contributed by atoms with Crippen LogP contribution in [0, 0.1) is 11.7 Å². The molecular formula is C26H33FN2O3. The Hall–Kier alpha value is -2.73. The highest BCUT2D eigenvalue weighted by molar-refractivity contribution is 5.92. The number of aliphatic carboxylic acids is 1. The van der Waals surface area contributed by atoms with Gasteiger partial charge >= 0.3 is 5.97 Å². The number of hydrogen-bond acceptors (Lipinski definition) is 3. The van der Waals surface area contributed by atoms with Crippen LogP contribution in [-0.4, -0.2) is 41.5 Å². The summed E-state index contributed by atoms with van der Waals surface area (Å²) in [6, 6.07) is 13.9. The zero-order valence-corrected chi connectivity index (χ0v) is 18.9. The molecule has 0 spiro atoms. The zero-order valence-electron chi connectivity index (χ0n) is 18.9. The second kappa shape index (κ2) is 11.2. The van der Waals surface area contributed by atoms with E-state index in [1.54, 1.807) is 12.1 Å². The molecule has 2 aromatic rings. The van der Waals surface area contributed by atoms with Crippen molar-refractivity contribution < 1.29 is 19.1 Å². The Morgan fingerprint density at radius 1 is 1.12 bits per heavy atom. The van der Waals surface area contributed by atoms with Crippen LogP contribution in [-0.2, 0) is 9.59 Å². The largest absolute Gasteiger partial charge is 0.481 e. The quantitative estimate of drug-likeness (QED) is 0.559. The minimum absolute atomic E-state index is 0.0253. The van der Waals surface area contributed by atoms with Crippen molar-refractivity contribution in [1.29, 1.82) is 0 Å². The van der Waals surface area contributed by atoms with Gasteiger partial charge in [-0.15, -0.1) is 0 Å². The molecule has 6 heteroatoms. The molecule has 0 aromatic heterocycles. The molecular weight excluding hydrogens is 407 g/mol. The molecule has 2 aromatic carbocycles. The number of nitrogens with one attached hydrogen (secondary N) is 1. The topological polar surface area (TPSA) is 69.6 Å². The van der Waals surface area contributed by atoms with E-state index in [0.717, 1.165) is 44.6 Å². The molecule has 3 rings (SSSR count). The maximum absolute atomic E-state index is 13.1. The molecule has 2 N–H and O–H groups in total. The number of rotatable bonds is 9. The zero-order chi connectivity index (χ0) is 23.1. The fourth-order valence-electron chi connectivity index (χ4n) is 4.29. The molecule has 1 atom stereocenters. The Bertz CT molecular complexity index is 906. The molecule has 1 unspecified atom stereocenters. The number of anilines is 1. The average Bonchev–Trinajstić information content (AvgIpc) is 2.78. The number of carboxylic acids is 1. The lowest BCUT2D eigenvalue weighted by atomic mass is 9.89. The van der Waals surface area contributed by atoms with Crippen molar-refractivity contribution in [3.63, 3.8) is 0 Å². The van der Waals surface area contributed by atoms with Crippen LogP contribution < -0.4 is 5.32 Å². The minimum atomic E-state index is -0.861. The van der Waals surface area contributed by atoms with Crippen LogP contribution in [0.25, 0.3) is 0 Å². The van der Waals surface area contributed by atoms with Gasteiger partial charge in [-0.05, 0) is 86.6 Å². The molecule has 1 aliphatic heterocycles. The standard InChI is InChI=1S/C26H33FN2O3/c1-18(2)25(30)28-23-6-3-5-21(17-23)19-12-15-29(16-13-19)14-4-7-24(26(31)32)20-8-10-22(27)11-9-20/h3,5-6,8-11,17-19,24H,4,7,12-16H2,1-2H3,(H,28,30)(H,31,32). The summed E-state index contributed by atoms with van der Waals surface area (Å²) in [5, 5.41) is 12.5. The van der Waals surface area contributed by atoms with Gasteiger partial charge in [0.15, 0.2) is 0 Å². The first-order valence-electron chi connectivity index (χ1n) is 11.4. The first-order chi connectivity index (χ1) is 15.3. The van der Waals surface area contributed by atoms with Gasteiger partial charge in [-0.1, -0.05) is 38.1 Å². The van der Waals surface area contributed by atoms with Crippen molar-refractivity contribution >= 4 is 17.6 Å². The molecule has 1 fully saturated rings. The molecule has 1 aliphatic rings. The van der Waals surface area contributed by atoms with E-state index >= 15 is 0 Å². The summed E-state index contributed by atoms with van der Waals surface area (Å²) < 4.78 is 13.1. The minimum Gasteiger partial charge on any atom is -0.481 e. The monoisotopic (exact) mass is 440 g/mol. The first kappa shape index (κ1) is 23.9. The summed E-state index contributed by atoms with van der Waals surface area (Å²) in [5.41, 5.74) is 2.76. The first-order valence-corrected chi connectivity index (χ1v) is 11.4. The summed E-state index contributed by atoms with van der Waals surface area (Å²) in [7, 11) is 0. The SMILES string of the molecule is CC(C)C(=O)Nc1cccc(C2CCN(CCCC(C(=O)O)c3ccc(F)cc3)CC2)c1. The Kier molecular flexibility index (Phi) is 8.39. The number of likely N-dealkylation sites (tertiary alicyclic amines) is 1. The number of amides is 1. The van der Waals surface area contributed by atoms with E-state index in [9.17, 15) is 19.1 Å². The molecule has 172 valence electrons. The highest BCUT2D eigenvalue weighted by atomic mass is 19.1. The molecule has 1 saturated heterocycles. The Morgan fingerprint density at radius 2 is 1.81 bits per heavy atom. The molecule has 1 amide bonds. The van der Waals surface area contributed by atoms with Gasteiger partial charge in [0.25, 0.3) is 0 Å². The van der Waals surface area contributed by atoms with E-state index in [4.69, 9.17) is 0 Å². The van der Waals surface area contributed by atoms with Crippen LogP contribution in [0.1, 0.15) is 62.5 Å². The molecule has 0 saturated carbocycles. The smallest absolute Gasteiger partial charge is 0.310 e. The lowest BCUT2D eigenvalue weighted by Gasteiger charge is -2.32. The third kappa shape index (κ3) is 6.63. The third-order valence-electron chi connectivity index (χ3n) is 6.28. The summed E-state index contributed by atoms with van der Waals surface area (Å²) in [6.07, 6.45) is 3.41. The fourth-order valence-corrected chi connectivity index (χ4v) is 4.29. The van der Waals surface area contributed by atoms with Crippen LogP contribution in [0.15, 0.2) is 48.5 Å². The van der Waals surface area contributed by atoms with Crippen LogP contribution in [0.2, 0.25) is 0 Å².